The summed E-state index contributed by atoms with van der Waals surface area (Å²) in [5.74, 6) is 0. The third-order valence-electron chi connectivity index (χ3n) is 11.1. The van der Waals surface area contributed by atoms with Crippen LogP contribution in [0.15, 0.2) is 170 Å². The summed E-state index contributed by atoms with van der Waals surface area (Å²) >= 11 is 0. The van der Waals surface area contributed by atoms with Crippen LogP contribution in [0.25, 0.3) is 32.3 Å². The Hall–Kier alpha value is -6.35. The highest BCUT2D eigenvalue weighted by Crippen LogP contribution is 2.68. The standard InChI is InChI=1S/C46H28N3OP/c50-51-44-36-21-11-23-38(44)48(32-17-6-2-7-18-32)42-34-27-25-29-13-10-14-30-26-28-35(41(34)40(29)30)43(46(42)51)49(33-19-8-3-9-20-33)39-24-12-22-37(45(39)51)47(36)31-15-4-1-5-16-31/h1-28H. The third-order valence-corrected chi connectivity index (χ3v) is 14.4. The van der Waals surface area contributed by atoms with Crippen LogP contribution in [-0.4, -0.2) is 0 Å². The van der Waals surface area contributed by atoms with E-state index in [-0.39, 0.29) is 0 Å². The molecule has 0 spiro atoms. The fraction of sp³-hybridized carbons (Fsp3) is 0. The number of nitrogens with zero attached hydrogens (tertiary/aromatic N) is 3. The van der Waals surface area contributed by atoms with E-state index in [1.54, 1.807) is 0 Å². The van der Waals surface area contributed by atoms with Crippen LogP contribution < -0.4 is 30.6 Å². The van der Waals surface area contributed by atoms with Gasteiger partial charge in [-0.3, -0.25) is 0 Å². The van der Waals surface area contributed by atoms with Gasteiger partial charge in [0.25, 0.3) is 0 Å². The van der Waals surface area contributed by atoms with Crippen molar-refractivity contribution in [3.8, 4) is 0 Å². The molecule has 0 fully saturated rings. The van der Waals surface area contributed by atoms with Crippen molar-refractivity contribution in [2.75, 3.05) is 14.7 Å². The molecule has 0 radical (unpaired) electrons. The van der Waals surface area contributed by atoms with Crippen LogP contribution in [0.4, 0.5) is 51.2 Å². The van der Waals surface area contributed by atoms with Gasteiger partial charge in [0.15, 0.2) is 7.14 Å². The molecule has 0 aliphatic carbocycles. The Morgan fingerprint density at radius 2 is 0.725 bits per heavy atom. The van der Waals surface area contributed by atoms with Crippen molar-refractivity contribution < 1.29 is 4.57 Å². The Kier molecular flexibility index (Phi) is 5.20. The van der Waals surface area contributed by atoms with Gasteiger partial charge < -0.3 is 19.3 Å². The summed E-state index contributed by atoms with van der Waals surface area (Å²) in [5, 5.41) is 9.78. The summed E-state index contributed by atoms with van der Waals surface area (Å²) in [6.45, 7) is 0. The second-order valence-corrected chi connectivity index (χ2v) is 16.2. The molecule has 238 valence electrons. The highest BCUT2D eigenvalue weighted by Gasteiger charge is 2.55. The van der Waals surface area contributed by atoms with Gasteiger partial charge in [-0.1, -0.05) is 109 Å². The van der Waals surface area contributed by atoms with E-state index in [0.717, 1.165) is 77.9 Å². The molecular weight excluding hydrogens is 642 g/mol. The molecular formula is C46H28N3OP. The molecule has 0 atom stereocenters. The van der Waals surface area contributed by atoms with Crippen LogP contribution >= 0.6 is 7.14 Å². The van der Waals surface area contributed by atoms with E-state index < -0.39 is 7.14 Å². The molecule has 0 unspecified atom stereocenters. The van der Waals surface area contributed by atoms with Crippen LogP contribution in [0.5, 0.6) is 0 Å². The van der Waals surface area contributed by atoms with Crippen LogP contribution in [-0.2, 0) is 4.57 Å². The minimum absolute atomic E-state index is 0.895. The monoisotopic (exact) mass is 669 g/mol. The summed E-state index contributed by atoms with van der Waals surface area (Å²) < 4.78 is 17.2. The Labute approximate surface area is 294 Å². The molecule has 3 heterocycles. The average molecular weight is 670 g/mol. The lowest BCUT2D eigenvalue weighted by Crippen LogP contribution is -2.47. The second kappa shape index (κ2) is 9.66. The fourth-order valence-corrected chi connectivity index (χ4v) is 13.0. The molecule has 3 aliphatic heterocycles. The molecule has 51 heavy (non-hydrogen) atoms. The van der Waals surface area contributed by atoms with Crippen molar-refractivity contribution in [1.29, 1.82) is 0 Å². The first-order valence-electron chi connectivity index (χ1n) is 17.4. The fourth-order valence-electron chi connectivity index (χ4n) is 9.25. The number of benzene rings is 9. The first-order chi connectivity index (χ1) is 25.2. The second-order valence-electron chi connectivity index (χ2n) is 13.6. The summed E-state index contributed by atoms with van der Waals surface area (Å²) in [5.41, 5.74) is 8.97. The average Bonchev–Trinajstić information content (AvgIpc) is 3.19. The zero-order valence-corrected chi connectivity index (χ0v) is 28.3. The smallest absolute Gasteiger partial charge is 0.183 e. The number of rotatable bonds is 3. The van der Waals surface area contributed by atoms with Gasteiger partial charge in [-0.15, -0.1) is 0 Å². The van der Waals surface area contributed by atoms with E-state index in [9.17, 15) is 0 Å². The lowest BCUT2D eigenvalue weighted by molar-refractivity contribution is 0.592. The predicted octanol–water partition coefficient (Wildman–Crippen LogP) is 11.6. The zero-order chi connectivity index (χ0) is 33.4. The minimum atomic E-state index is -3.50. The molecule has 3 aliphatic rings. The number of hydrogen-bond donors (Lipinski definition) is 0. The normalized spacial score (nSPS) is 14.8. The van der Waals surface area contributed by atoms with Gasteiger partial charge >= 0.3 is 0 Å². The molecule has 0 bridgehead atoms. The molecule has 0 aromatic heterocycles. The summed E-state index contributed by atoms with van der Waals surface area (Å²) in [6, 6.07) is 60.2. The van der Waals surface area contributed by atoms with Crippen molar-refractivity contribution in [3.63, 3.8) is 0 Å². The highest BCUT2D eigenvalue weighted by molar-refractivity contribution is 7.87. The third kappa shape index (κ3) is 3.29. The largest absolute Gasteiger partial charge is 0.309 e. The van der Waals surface area contributed by atoms with E-state index in [1.165, 1.54) is 21.5 Å². The van der Waals surface area contributed by atoms with E-state index in [0.29, 0.717) is 0 Å². The molecule has 9 aromatic rings. The lowest BCUT2D eigenvalue weighted by Gasteiger charge is -2.50. The van der Waals surface area contributed by atoms with Gasteiger partial charge in [-0.05, 0) is 76.8 Å². The maximum Gasteiger partial charge on any atom is 0.183 e. The van der Waals surface area contributed by atoms with Gasteiger partial charge in [-0.2, -0.15) is 0 Å². The Morgan fingerprint density at radius 1 is 0.333 bits per heavy atom. The molecule has 0 saturated carbocycles. The predicted molar refractivity (Wildman–Crippen MR) is 214 cm³/mol. The van der Waals surface area contributed by atoms with E-state index >= 15 is 4.57 Å². The van der Waals surface area contributed by atoms with Crippen molar-refractivity contribution in [1.82, 2.24) is 0 Å². The Morgan fingerprint density at radius 3 is 1.18 bits per heavy atom. The van der Waals surface area contributed by atoms with Gasteiger partial charge in [0.2, 0.25) is 0 Å². The molecule has 9 aromatic carbocycles. The SMILES string of the molecule is O=P12c3c4cccc3N(c3ccccc3)c3c1c(c1ccc5cccc6ccc3c1c65)N(c1ccccc1)c1cccc(c12)N4c1ccccc1. The van der Waals surface area contributed by atoms with Gasteiger partial charge in [-0.25, -0.2) is 0 Å². The van der Waals surface area contributed by atoms with Crippen molar-refractivity contribution in [2.24, 2.45) is 0 Å². The Balaban J connectivity index is 1.36. The molecule has 5 heteroatoms. The molecule has 12 rings (SSSR count). The molecule has 0 N–H and O–H groups in total. The molecule has 0 amide bonds. The van der Waals surface area contributed by atoms with Crippen molar-refractivity contribution >= 4 is 107 Å². The van der Waals surface area contributed by atoms with Crippen molar-refractivity contribution in [2.45, 2.75) is 0 Å². The van der Waals surface area contributed by atoms with Crippen LogP contribution in [0.2, 0.25) is 0 Å². The summed E-state index contributed by atoms with van der Waals surface area (Å²) in [7, 11) is -3.50. The quantitative estimate of drug-likeness (QED) is 0.138. The van der Waals surface area contributed by atoms with Gasteiger partial charge in [0.1, 0.15) is 0 Å². The maximum absolute atomic E-state index is 17.2. The van der Waals surface area contributed by atoms with Crippen LogP contribution in [0.1, 0.15) is 0 Å². The van der Waals surface area contributed by atoms with E-state index in [4.69, 9.17) is 0 Å². The van der Waals surface area contributed by atoms with Crippen LogP contribution in [0.3, 0.4) is 0 Å². The first kappa shape index (κ1) is 27.5. The van der Waals surface area contributed by atoms with Gasteiger partial charge in [0, 0.05) is 33.2 Å². The van der Waals surface area contributed by atoms with E-state index in [1.807, 2.05) is 0 Å². The summed E-state index contributed by atoms with van der Waals surface area (Å²) in [4.78, 5) is 7.11. The Bertz CT molecular complexity index is 2790. The minimum Gasteiger partial charge on any atom is -0.309 e. The maximum atomic E-state index is 17.2. The lowest BCUT2D eigenvalue weighted by atomic mass is 9.91. The number of fused-ring (bicyclic) bond motifs is 2. The molecule has 0 saturated heterocycles. The first-order valence-corrected chi connectivity index (χ1v) is 19.1. The highest BCUT2D eigenvalue weighted by atomic mass is 31.2. The number of anilines is 9. The zero-order valence-electron chi connectivity index (χ0n) is 27.4. The van der Waals surface area contributed by atoms with Gasteiger partial charge in [0.05, 0.1) is 50.0 Å². The summed E-state index contributed by atoms with van der Waals surface area (Å²) in [6.07, 6.45) is 0. The topological polar surface area (TPSA) is 26.8 Å². The molecule has 4 nitrogen and oxygen atoms in total. The number of hydrogen-bond acceptors (Lipinski definition) is 4. The number of para-hydroxylation sites is 3. The van der Waals surface area contributed by atoms with Crippen LogP contribution in [0, 0.1) is 0 Å². The van der Waals surface area contributed by atoms with E-state index in [2.05, 4.69) is 185 Å². The van der Waals surface area contributed by atoms with Crippen molar-refractivity contribution in [3.05, 3.63) is 170 Å².